The summed E-state index contributed by atoms with van der Waals surface area (Å²) < 4.78 is 13.4. The van der Waals surface area contributed by atoms with Crippen molar-refractivity contribution in [1.29, 1.82) is 0 Å². The van der Waals surface area contributed by atoms with Crippen molar-refractivity contribution in [2.24, 2.45) is 0 Å². The molecule has 2 rings (SSSR count). The molecule has 0 saturated heterocycles. The van der Waals surface area contributed by atoms with Crippen LogP contribution in [-0.2, 0) is 9.47 Å². The first-order valence-electron chi connectivity index (χ1n) is 8.77. The van der Waals surface area contributed by atoms with E-state index in [1.807, 2.05) is 0 Å². The number of rotatable bonds is 2. The number of aromatic nitrogens is 2. The average molecular weight is 393 g/mol. The van der Waals surface area contributed by atoms with Crippen LogP contribution in [0, 0.1) is 0 Å². The topological polar surface area (TPSA) is 82.7 Å². The Hall–Kier alpha value is -2.32. The van der Waals surface area contributed by atoms with Crippen LogP contribution in [0.1, 0.15) is 41.5 Å². The molecule has 0 saturated carbocycles. The maximum atomic E-state index is 12.5. The van der Waals surface area contributed by atoms with Gasteiger partial charge in [0.1, 0.15) is 11.2 Å². The second kappa shape index (κ2) is 7.01. The van der Waals surface area contributed by atoms with Crippen molar-refractivity contribution >= 4 is 31.1 Å². The van der Waals surface area contributed by atoms with E-state index in [0.29, 0.717) is 10.6 Å². The van der Waals surface area contributed by atoms with E-state index in [0.717, 1.165) is 0 Å². The van der Waals surface area contributed by atoms with Crippen LogP contribution in [0.4, 0.5) is 9.59 Å². The molecule has 0 amide bonds. The fraction of sp³-hybridized carbons (Fsp3) is 0.474. The molecule has 0 unspecified atom stereocenters. The first-order chi connectivity index (χ1) is 12.2. The summed E-state index contributed by atoms with van der Waals surface area (Å²) in [5.74, 6) is 0. The standard InChI is InChI=1S/C19H28N2O5Si/c1-18(2,3)25-16(22)20-12-8-10-14(20)27(7,24)15-11-9-13-21(15)17(23)26-19(4,5)6/h8-13,24H,1-7H3. The molecule has 27 heavy (non-hydrogen) atoms. The average Bonchev–Trinajstić information content (AvgIpc) is 3.13. The van der Waals surface area contributed by atoms with Crippen molar-refractivity contribution in [2.45, 2.75) is 59.3 Å². The minimum atomic E-state index is -3.39. The highest BCUT2D eigenvalue weighted by Gasteiger charge is 2.39. The predicted octanol–water partition coefficient (Wildman–Crippen LogP) is 2.54. The van der Waals surface area contributed by atoms with Gasteiger partial charge in [-0.05, 0) is 72.4 Å². The Labute approximate surface area is 160 Å². The van der Waals surface area contributed by atoms with E-state index in [1.165, 1.54) is 9.13 Å². The molecule has 0 bridgehead atoms. The zero-order chi connectivity index (χ0) is 20.6. The molecule has 0 aliphatic heterocycles. The first kappa shape index (κ1) is 21.0. The third-order valence-corrected chi connectivity index (χ3v) is 6.49. The molecule has 0 atom stereocenters. The number of hydrogen-bond acceptors (Lipinski definition) is 5. The largest absolute Gasteiger partial charge is 0.443 e. The maximum absolute atomic E-state index is 12.5. The normalized spacial score (nSPS) is 12.7. The lowest BCUT2D eigenvalue weighted by Gasteiger charge is -2.26. The van der Waals surface area contributed by atoms with Crippen LogP contribution >= 0.6 is 0 Å². The number of carbonyl (C=O) groups is 2. The lowest BCUT2D eigenvalue weighted by atomic mass is 10.2. The third-order valence-electron chi connectivity index (χ3n) is 3.68. The fourth-order valence-electron chi connectivity index (χ4n) is 2.63. The minimum Gasteiger partial charge on any atom is -0.443 e. The molecule has 0 fully saturated rings. The number of nitrogens with zero attached hydrogens (tertiary/aromatic N) is 2. The van der Waals surface area contributed by atoms with Gasteiger partial charge in [0, 0.05) is 23.0 Å². The van der Waals surface area contributed by atoms with Crippen molar-refractivity contribution in [2.75, 3.05) is 0 Å². The number of carbonyl (C=O) groups excluding carboxylic acids is 2. The Morgan fingerprint density at radius 1 is 0.852 bits per heavy atom. The molecule has 8 heteroatoms. The Morgan fingerprint density at radius 3 is 1.48 bits per heavy atom. The molecule has 0 radical (unpaired) electrons. The van der Waals surface area contributed by atoms with Gasteiger partial charge in [-0.25, -0.2) is 9.59 Å². The third kappa shape index (κ3) is 4.89. The van der Waals surface area contributed by atoms with Crippen molar-refractivity contribution in [1.82, 2.24) is 9.13 Å². The van der Waals surface area contributed by atoms with E-state index in [1.54, 1.807) is 84.7 Å². The molecule has 2 heterocycles. The van der Waals surface area contributed by atoms with Gasteiger partial charge in [-0.2, -0.15) is 0 Å². The molecule has 2 aromatic rings. The Balaban J connectivity index is 2.42. The summed E-state index contributed by atoms with van der Waals surface area (Å²) in [7, 11) is -3.39. The molecule has 0 spiro atoms. The molecule has 1 N–H and O–H groups in total. The van der Waals surface area contributed by atoms with E-state index < -0.39 is 31.7 Å². The molecular weight excluding hydrogens is 364 g/mol. The number of ether oxygens (including phenoxy) is 2. The minimum absolute atomic E-state index is 0.417. The summed E-state index contributed by atoms with van der Waals surface area (Å²) in [5.41, 5.74) is -1.33. The van der Waals surface area contributed by atoms with Crippen molar-refractivity contribution in [3.05, 3.63) is 36.7 Å². The molecule has 0 aromatic carbocycles. The lowest BCUT2D eigenvalue weighted by Crippen LogP contribution is -2.62. The highest BCUT2D eigenvalue weighted by molar-refractivity contribution is 6.95. The molecule has 148 valence electrons. The Morgan fingerprint density at radius 2 is 1.19 bits per heavy atom. The Bertz CT molecular complexity index is 769. The van der Waals surface area contributed by atoms with Gasteiger partial charge < -0.3 is 14.3 Å². The van der Waals surface area contributed by atoms with Crippen LogP contribution in [0.5, 0.6) is 0 Å². The van der Waals surface area contributed by atoms with E-state index in [2.05, 4.69) is 0 Å². The zero-order valence-electron chi connectivity index (χ0n) is 16.9. The highest BCUT2D eigenvalue weighted by atomic mass is 28.4. The van der Waals surface area contributed by atoms with Crippen LogP contribution in [0.15, 0.2) is 36.7 Å². The van der Waals surface area contributed by atoms with Crippen LogP contribution in [-0.4, -0.2) is 45.6 Å². The van der Waals surface area contributed by atoms with Crippen LogP contribution < -0.4 is 10.6 Å². The summed E-state index contributed by atoms with van der Waals surface area (Å²) >= 11 is 0. The summed E-state index contributed by atoms with van der Waals surface area (Å²) in [6.07, 6.45) is 1.94. The first-order valence-corrected chi connectivity index (χ1v) is 11.2. The van der Waals surface area contributed by atoms with Crippen LogP contribution in [0.2, 0.25) is 6.55 Å². The molecule has 0 aliphatic carbocycles. The highest BCUT2D eigenvalue weighted by Crippen LogP contribution is 2.12. The monoisotopic (exact) mass is 392 g/mol. The van der Waals surface area contributed by atoms with Gasteiger partial charge in [-0.3, -0.25) is 9.13 Å². The van der Waals surface area contributed by atoms with E-state index in [4.69, 9.17) is 9.47 Å². The summed E-state index contributed by atoms with van der Waals surface area (Å²) in [6.45, 7) is 12.3. The van der Waals surface area contributed by atoms with Gasteiger partial charge in [0.15, 0.2) is 0 Å². The van der Waals surface area contributed by atoms with Crippen molar-refractivity contribution < 1.29 is 23.9 Å². The van der Waals surface area contributed by atoms with Gasteiger partial charge in [0.2, 0.25) is 0 Å². The smallest absolute Gasteiger partial charge is 0.418 e. The van der Waals surface area contributed by atoms with Gasteiger partial charge >= 0.3 is 12.2 Å². The number of hydrogen-bond donors (Lipinski definition) is 1. The predicted molar refractivity (Wildman–Crippen MR) is 105 cm³/mol. The summed E-state index contributed by atoms with van der Waals surface area (Å²) in [4.78, 5) is 36.4. The summed E-state index contributed by atoms with van der Waals surface area (Å²) in [5, 5.41) is 0.834. The molecule has 0 aliphatic rings. The van der Waals surface area contributed by atoms with Crippen LogP contribution in [0.25, 0.3) is 0 Å². The van der Waals surface area contributed by atoms with E-state index in [-0.39, 0.29) is 0 Å². The zero-order valence-corrected chi connectivity index (χ0v) is 17.9. The van der Waals surface area contributed by atoms with E-state index >= 15 is 0 Å². The lowest BCUT2D eigenvalue weighted by molar-refractivity contribution is 0.0532. The van der Waals surface area contributed by atoms with Crippen molar-refractivity contribution in [3.8, 4) is 0 Å². The second-order valence-corrected chi connectivity index (χ2v) is 11.7. The van der Waals surface area contributed by atoms with Crippen molar-refractivity contribution in [3.63, 3.8) is 0 Å². The van der Waals surface area contributed by atoms with Gasteiger partial charge in [0.05, 0.1) is 0 Å². The molecular formula is C19H28N2O5Si. The van der Waals surface area contributed by atoms with E-state index in [9.17, 15) is 14.4 Å². The summed E-state index contributed by atoms with van der Waals surface area (Å²) in [6, 6.07) is 6.67. The second-order valence-electron chi connectivity index (χ2n) is 8.56. The molecule has 2 aromatic heterocycles. The quantitative estimate of drug-likeness (QED) is 0.794. The Kier molecular flexibility index (Phi) is 5.45. The SMILES string of the molecule is CC(C)(C)OC(=O)n1cccc1[Si](C)(O)c1cccn1C(=O)OC(C)(C)C. The van der Waals surface area contributed by atoms with Gasteiger partial charge in [0.25, 0.3) is 8.32 Å². The fourth-order valence-corrected chi connectivity index (χ4v) is 5.00. The van der Waals surface area contributed by atoms with Gasteiger partial charge in [-0.1, -0.05) is 0 Å². The molecule has 7 nitrogen and oxygen atoms in total. The van der Waals surface area contributed by atoms with Gasteiger partial charge in [-0.15, -0.1) is 0 Å². The van der Waals surface area contributed by atoms with Crippen LogP contribution in [0.3, 0.4) is 0 Å². The maximum Gasteiger partial charge on any atom is 0.418 e.